The van der Waals surface area contributed by atoms with Crippen LogP contribution in [-0.2, 0) is 19.2 Å². The van der Waals surface area contributed by atoms with E-state index in [9.17, 15) is 24.3 Å². The second kappa shape index (κ2) is 13.4. The van der Waals surface area contributed by atoms with Gasteiger partial charge in [-0.25, -0.2) is 4.79 Å². The Balaban J connectivity index is 4.90. The summed E-state index contributed by atoms with van der Waals surface area (Å²) in [6.07, 6.45) is 2.91. The lowest BCUT2D eigenvalue weighted by molar-refractivity contribution is -0.143. The molecule has 0 aliphatic rings. The van der Waals surface area contributed by atoms with E-state index in [0.717, 1.165) is 0 Å². The number of unbranched alkanes of at least 4 members (excludes halogenated alkanes) is 1. The molecule has 0 heterocycles. The predicted octanol–water partition coefficient (Wildman–Crippen LogP) is -1.28. The average Bonchev–Trinajstić information content (AvgIpc) is 2.56. The molecule has 0 aliphatic carbocycles. The van der Waals surface area contributed by atoms with Gasteiger partial charge in [-0.15, -0.1) is 0 Å². The Labute approximate surface area is 156 Å². The first-order valence-corrected chi connectivity index (χ1v) is 9.62. The Kier molecular flexibility index (Phi) is 12.4. The van der Waals surface area contributed by atoms with E-state index in [1.165, 1.54) is 11.8 Å². The molecule has 0 aliphatic heterocycles. The first-order chi connectivity index (χ1) is 12.2. The van der Waals surface area contributed by atoms with E-state index in [2.05, 4.69) is 10.6 Å². The summed E-state index contributed by atoms with van der Waals surface area (Å²) in [5.74, 6) is -3.28. The molecule has 10 nitrogen and oxygen atoms in total. The number of carboxylic acid groups (broad SMARTS) is 2. The quantitative estimate of drug-likeness (QED) is 0.196. The first-order valence-electron chi connectivity index (χ1n) is 8.22. The molecule has 0 saturated carbocycles. The van der Waals surface area contributed by atoms with Crippen LogP contribution in [0.25, 0.3) is 0 Å². The standard InChI is InChI=1S/C15H28N4O6S/c1-26-7-5-10(18-13(22)9(17)8-12(20)21)14(23)19-11(15(24)25)4-2-3-6-16/h9-11H,2-8,16-17H2,1H3,(H,18,22)(H,19,23)(H,20,21)(H,24,25)/t9-,10-,11-/m0/s1. The molecule has 0 saturated heterocycles. The number of hydrogen-bond acceptors (Lipinski definition) is 7. The maximum atomic E-state index is 12.4. The predicted molar refractivity (Wildman–Crippen MR) is 97.6 cm³/mol. The molecule has 0 unspecified atom stereocenters. The Morgan fingerprint density at radius 2 is 1.62 bits per heavy atom. The third-order valence-electron chi connectivity index (χ3n) is 3.54. The van der Waals surface area contributed by atoms with Crippen LogP contribution in [0, 0.1) is 0 Å². The first kappa shape index (κ1) is 24.1. The van der Waals surface area contributed by atoms with Gasteiger partial charge in [-0.1, -0.05) is 0 Å². The summed E-state index contributed by atoms with van der Waals surface area (Å²) in [5, 5.41) is 22.7. The molecule has 0 aromatic heterocycles. The molecule has 8 N–H and O–H groups in total. The summed E-state index contributed by atoms with van der Waals surface area (Å²) >= 11 is 1.45. The van der Waals surface area contributed by atoms with Crippen LogP contribution in [0.2, 0.25) is 0 Å². The van der Waals surface area contributed by atoms with Crippen LogP contribution < -0.4 is 22.1 Å². The summed E-state index contributed by atoms with van der Waals surface area (Å²) < 4.78 is 0. The highest BCUT2D eigenvalue weighted by Crippen LogP contribution is 2.05. The number of carbonyl (C=O) groups is 4. The van der Waals surface area contributed by atoms with Crippen molar-refractivity contribution in [2.24, 2.45) is 11.5 Å². The lowest BCUT2D eigenvalue weighted by atomic mass is 10.1. The van der Waals surface area contributed by atoms with Gasteiger partial charge in [0, 0.05) is 0 Å². The van der Waals surface area contributed by atoms with Crippen molar-refractivity contribution in [3.8, 4) is 0 Å². The molecule has 0 bridgehead atoms. The van der Waals surface area contributed by atoms with E-state index in [1.54, 1.807) is 0 Å². The van der Waals surface area contributed by atoms with E-state index >= 15 is 0 Å². The zero-order chi connectivity index (χ0) is 20.1. The molecule has 0 fully saturated rings. The van der Waals surface area contributed by atoms with Crippen LogP contribution in [0.15, 0.2) is 0 Å². The Hall–Kier alpha value is -1.85. The summed E-state index contributed by atoms with van der Waals surface area (Å²) in [5.41, 5.74) is 10.9. The molecular formula is C15H28N4O6S. The van der Waals surface area contributed by atoms with Gasteiger partial charge < -0.3 is 32.3 Å². The van der Waals surface area contributed by atoms with Crippen molar-refractivity contribution < 1.29 is 29.4 Å². The molecule has 3 atom stereocenters. The molecule has 0 radical (unpaired) electrons. The zero-order valence-corrected chi connectivity index (χ0v) is 15.6. The second-order valence-electron chi connectivity index (χ2n) is 5.73. The Morgan fingerprint density at radius 3 is 2.12 bits per heavy atom. The van der Waals surface area contributed by atoms with Gasteiger partial charge in [-0.05, 0) is 44.2 Å². The molecule has 0 aromatic carbocycles. The number of nitrogens with two attached hydrogens (primary N) is 2. The molecule has 11 heteroatoms. The summed E-state index contributed by atoms with van der Waals surface area (Å²) in [7, 11) is 0. The lowest BCUT2D eigenvalue weighted by Gasteiger charge is -2.22. The highest BCUT2D eigenvalue weighted by molar-refractivity contribution is 7.98. The Morgan fingerprint density at radius 1 is 1.00 bits per heavy atom. The van der Waals surface area contributed by atoms with Gasteiger partial charge in [0.05, 0.1) is 12.5 Å². The van der Waals surface area contributed by atoms with Gasteiger partial charge in [0.15, 0.2) is 0 Å². The number of thioether (sulfide) groups is 1. The van der Waals surface area contributed by atoms with Crippen molar-refractivity contribution in [3.63, 3.8) is 0 Å². The largest absolute Gasteiger partial charge is 0.481 e. The van der Waals surface area contributed by atoms with Crippen molar-refractivity contribution in [1.82, 2.24) is 10.6 Å². The molecule has 2 amide bonds. The fourth-order valence-corrected chi connectivity index (χ4v) is 2.56. The van der Waals surface area contributed by atoms with Gasteiger partial charge in [0.25, 0.3) is 0 Å². The maximum Gasteiger partial charge on any atom is 0.326 e. The van der Waals surface area contributed by atoms with E-state index in [4.69, 9.17) is 16.6 Å². The monoisotopic (exact) mass is 392 g/mol. The van der Waals surface area contributed by atoms with Crippen LogP contribution in [-0.4, -0.2) is 70.6 Å². The molecule has 0 rings (SSSR count). The minimum atomic E-state index is -1.29. The van der Waals surface area contributed by atoms with Gasteiger partial charge in [-0.2, -0.15) is 11.8 Å². The summed E-state index contributed by atoms with van der Waals surface area (Å²) in [6, 6.07) is -3.38. The van der Waals surface area contributed by atoms with E-state index in [1.807, 2.05) is 6.26 Å². The van der Waals surface area contributed by atoms with Crippen molar-refractivity contribution in [2.45, 2.75) is 50.2 Å². The van der Waals surface area contributed by atoms with Crippen molar-refractivity contribution >= 4 is 35.5 Å². The maximum absolute atomic E-state index is 12.4. The minimum Gasteiger partial charge on any atom is -0.481 e. The van der Waals surface area contributed by atoms with E-state index in [0.29, 0.717) is 25.1 Å². The van der Waals surface area contributed by atoms with Gasteiger partial charge in [0.2, 0.25) is 11.8 Å². The SMILES string of the molecule is CSCC[C@H](NC(=O)[C@@H](N)CC(=O)O)C(=O)N[C@@H](CCCCN)C(=O)O. The number of aliphatic carboxylic acids is 2. The van der Waals surface area contributed by atoms with E-state index in [-0.39, 0.29) is 12.8 Å². The fraction of sp³-hybridized carbons (Fsp3) is 0.733. The number of rotatable bonds is 14. The third kappa shape index (κ3) is 10.2. The highest BCUT2D eigenvalue weighted by Gasteiger charge is 2.28. The van der Waals surface area contributed by atoms with E-state index < -0.39 is 48.3 Å². The number of hydrogen-bond donors (Lipinski definition) is 6. The van der Waals surface area contributed by atoms with Gasteiger partial charge in [-0.3, -0.25) is 14.4 Å². The highest BCUT2D eigenvalue weighted by atomic mass is 32.2. The van der Waals surface area contributed by atoms with Crippen LogP contribution in [0.4, 0.5) is 0 Å². The van der Waals surface area contributed by atoms with Crippen molar-refractivity contribution in [1.29, 1.82) is 0 Å². The molecule has 0 aromatic rings. The average molecular weight is 392 g/mol. The van der Waals surface area contributed by atoms with Crippen molar-refractivity contribution in [3.05, 3.63) is 0 Å². The molecule has 26 heavy (non-hydrogen) atoms. The Bertz CT molecular complexity index is 491. The number of carbonyl (C=O) groups excluding carboxylic acids is 2. The van der Waals surface area contributed by atoms with Crippen LogP contribution >= 0.6 is 11.8 Å². The number of nitrogens with one attached hydrogen (secondary N) is 2. The number of carboxylic acids is 2. The fourth-order valence-electron chi connectivity index (χ4n) is 2.09. The molecule has 0 spiro atoms. The lowest BCUT2D eigenvalue weighted by Crippen LogP contribution is -2.54. The number of amides is 2. The second-order valence-corrected chi connectivity index (χ2v) is 6.72. The topological polar surface area (TPSA) is 185 Å². The minimum absolute atomic E-state index is 0.222. The summed E-state index contributed by atoms with van der Waals surface area (Å²) in [4.78, 5) is 46.3. The molecule has 150 valence electrons. The summed E-state index contributed by atoms with van der Waals surface area (Å²) in [6.45, 7) is 0.425. The van der Waals surface area contributed by atoms with Gasteiger partial charge in [0.1, 0.15) is 12.1 Å². The zero-order valence-electron chi connectivity index (χ0n) is 14.8. The smallest absolute Gasteiger partial charge is 0.326 e. The van der Waals surface area contributed by atoms with Crippen molar-refractivity contribution in [2.75, 3.05) is 18.6 Å². The van der Waals surface area contributed by atoms with Crippen LogP contribution in [0.1, 0.15) is 32.1 Å². The molecular weight excluding hydrogens is 364 g/mol. The third-order valence-corrected chi connectivity index (χ3v) is 4.18. The van der Waals surface area contributed by atoms with Crippen LogP contribution in [0.3, 0.4) is 0 Å². The van der Waals surface area contributed by atoms with Crippen LogP contribution in [0.5, 0.6) is 0 Å². The normalized spacial score (nSPS) is 14.1. The van der Waals surface area contributed by atoms with Gasteiger partial charge >= 0.3 is 11.9 Å².